The molecular weight excluding hydrogens is 1390 g/mol. The second kappa shape index (κ2) is 45.4. The molecule has 8 atom stereocenters. The molecule has 576 valence electrons. The van der Waals surface area contributed by atoms with Crippen molar-refractivity contribution in [2.45, 2.75) is 168 Å². The zero-order valence-corrected chi connectivity index (χ0v) is 61.9. The summed E-state index contributed by atoms with van der Waals surface area (Å²) in [4.78, 5) is 148. The summed E-state index contributed by atoms with van der Waals surface area (Å²) in [6.07, 6.45) is -0.959. The molecule has 2 aliphatic rings. The van der Waals surface area contributed by atoms with E-state index in [1.165, 1.54) is 19.3 Å². The number of aliphatic carboxylic acids is 1. The predicted octanol–water partition coefficient (Wildman–Crippen LogP) is 3.22. The predicted molar refractivity (Wildman–Crippen MR) is 375 cm³/mol. The summed E-state index contributed by atoms with van der Waals surface area (Å²) in [5.74, 6) is -9.07. The molecular formula is C70H105ClN8O23S. The number of rotatable bonds is 44. The number of cyclic esters (lactones) is 2. The van der Waals surface area contributed by atoms with Crippen LogP contribution in [0.15, 0.2) is 54.6 Å². The molecule has 8 amide bonds. The van der Waals surface area contributed by atoms with Crippen LogP contribution in [0.4, 0.5) is 0 Å². The van der Waals surface area contributed by atoms with Crippen LogP contribution in [0.1, 0.15) is 135 Å². The lowest BCUT2D eigenvalue weighted by molar-refractivity contribution is -0.179. The number of carbonyl (C=O) groups is 11. The first-order valence-electron chi connectivity index (χ1n) is 34.6. The highest BCUT2D eigenvalue weighted by atomic mass is 35.5. The molecule has 2 heterocycles. The first-order chi connectivity index (χ1) is 48.8. The van der Waals surface area contributed by atoms with E-state index in [4.69, 9.17) is 54.0 Å². The smallest absolute Gasteiger partial charge is 0.347 e. The Balaban J connectivity index is 1.46. The molecule has 1 saturated heterocycles. The molecule has 103 heavy (non-hydrogen) atoms. The van der Waals surface area contributed by atoms with Crippen molar-refractivity contribution in [3.8, 4) is 5.75 Å². The van der Waals surface area contributed by atoms with Gasteiger partial charge in [0.1, 0.15) is 36.1 Å². The van der Waals surface area contributed by atoms with E-state index < -0.39 is 167 Å². The monoisotopic (exact) mass is 1490 g/mol. The molecule has 31 nitrogen and oxygen atoms in total. The standard InChI is InChI=1S/C70H105ClN8O23S/c1-44(2)39-55-68(90)100-53(14-12-15-58(82)76-52(41-48-18-21-54(96-9)50(71)40-48)66(88)75-43-70(6,7)69(91)101-55)46(5)63-64(102-63)49-19-16-47(17-20-49)42-74-65(87)51(13-10-11-27-72-57(81)26-31-97-34-35-99-37-36-98-33-32-95-8)77-67(89)62(45(3)4)78-59(83)24-29-79(30-25-61(85)86)60(84)23-22-56(80)73-28-38-103(92,93)94/h12,15-21,40,44-46,51-53,55,62-64H,10-11,13-14,22-39,41-43H2,1-9H3,(H,72,81)(H,73,80)(H,74,87)(H,75,88)(H,76,82)(H,77,89)(H,78,83)(H,85,86)(H,92,93,94)/b15-12-/t46-,51-,52+,53-,55-,62-,63+,64+/m0/s1. The van der Waals surface area contributed by atoms with Crippen molar-refractivity contribution in [1.82, 2.24) is 42.1 Å². The quantitative estimate of drug-likeness (QED) is 0.0199. The van der Waals surface area contributed by atoms with Gasteiger partial charge in [-0.15, -0.1) is 0 Å². The molecule has 4 rings (SSSR count). The van der Waals surface area contributed by atoms with Crippen molar-refractivity contribution >= 4 is 86.9 Å². The van der Waals surface area contributed by atoms with Gasteiger partial charge in [-0.05, 0) is 86.3 Å². The topological polar surface area (TPSA) is 427 Å². The molecule has 0 unspecified atom stereocenters. The van der Waals surface area contributed by atoms with Gasteiger partial charge < -0.3 is 85.1 Å². The first-order valence-corrected chi connectivity index (χ1v) is 36.6. The fraction of sp³-hybridized carbons (Fsp3) is 0.643. The maximum atomic E-state index is 14.2. The van der Waals surface area contributed by atoms with Crippen molar-refractivity contribution in [3.63, 3.8) is 0 Å². The molecule has 2 aliphatic heterocycles. The molecule has 1 fully saturated rings. The van der Waals surface area contributed by atoms with Crippen molar-refractivity contribution in [3.05, 3.63) is 76.3 Å². The van der Waals surface area contributed by atoms with Gasteiger partial charge in [-0.1, -0.05) is 82.6 Å². The number of carboxylic acid groups (broad SMARTS) is 1. The lowest BCUT2D eigenvalue weighted by atomic mass is 9.92. The zero-order chi connectivity index (χ0) is 76.2. The minimum absolute atomic E-state index is 0.00301. The number of hydrogen-bond donors (Lipinski definition) is 9. The molecule has 2 aromatic rings. The summed E-state index contributed by atoms with van der Waals surface area (Å²) < 4.78 is 75.8. The molecule has 0 aromatic heterocycles. The van der Waals surface area contributed by atoms with Crippen molar-refractivity contribution < 1.29 is 109 Å². The lowest BCUT2D eigenvalue weighted by Crippen LogP contribution is -2.55. The van der Waals surface area contributed by atoms with E-state index in [9.17, 15) is 66.3 Å². The van der Waals surface area contributed by atoms with Gasteiger partial charge in [-0.2, -0.15) is 8.42 Å². The van der Waals surface area contributed by atoms with E-state index in [1.807, 2.05) is 32.9 Å². The molecule has 0 bridgehead atoms. The Morgan fingerprint density at radius 1 is 0.748 bits per heavy atom. The van der Waals surface area contributed by atoms with E-state index in [0.717, 1.165) is 10.5 Å². The van der Waals surface area contributed by atoms with Gasteiger partial charge in [0.05, 0.1) is 82.1 Å². The van der Waals surface area contributed by atoms with Gasteiger partial charge in [-0.3, -0.25) is 52.5 Å². The summed E-state index contributed by atoms with van der Waals surface area (Å²) in [6.45, 7) is 13.5. The normalized spacial score (nSPS) is 19.1. The SMILES string of the molecule is COCCOCCOCCOCCC(=O)NCCCC[C@H](NC(=O)[C@@H](NC(=O)CCN(CCC(=O)O)C(=O)CCC(=O)NCCS(=O)(=O)O)C(C)C)C(=O)NCc1ccc([C@H]2O[C@@H]2[C@@H](C)[C@@H]2C/C=C\C(=O)N[C@H](Cc3ccc(OC)c(Cl)c3)C(=O)NCC(C)(C)C(=O)O[C@@H](CC(C)C)C(=O)O2)cc1. The van der Waals surface area contributed by atoms with Crippen LogP contribution in [0.2, 0.25) is 5.02 Å². The Labute approximate surface area is 607 Å². The number of carboxylic acids is 1. The van der Waals surface area contributed by atoms with Crippen molar-refractivity contribution in [1.29, 1.82) is 0 Å². The number of esters is 2. The summed E-state index contributed by atoms with van der Waals surface area (Å²) in [7, 11) is -1.31. The third-order valence-corrected chi connectivity index (χ3v) is 17.7. The number of carbonyl (C=O) groups excluding carboxylic acids is 10. The number of epoxide rings is 1. The minimum Gasteiger partial charge on any atom is -0.495 e. The maximum Gasteiger partial charge on any atom is 0.347 e. The van der Waals surface area contributed by atoms with Gasteiger partial charge in [0.2, 0.25) is 47.3 Å². The van der Waals surface area contributed by atoms with E-state index in [-0.39, 0.29) is 89.9 Å². The van der Waals surface area contributed by atoms with Gasteiger partial charge in [-0.25, -0.2) is 4.79 Å². The Morgan fingerprint density at radius 2 is 1.39 bits per heavy atom. The average molecular weight is 1490 g/mol. The van der Waals surface area contributed by atoms with E-state index in [1.54, 1.807) is 65.1 Å². The fourth-order valence-corrected chi connectivity index (χ4v) is 11.2. The van der Waals surface area contributed by atoms with Crippen molar-refractivity contribution in [2.24, 2.45) is 23.2 Å². The van der Waals surface area contributed by atoms with E-state index in [0.29, 0.717) is 67.8 Å². The molecule has 33 heteroatoms. The first kappa shape index (κ1) is 87.6. The number of amides is 8. The Morgan fingerprint density at radius 3 is 2.02 bits per heavy atom. The van der Waals surface area contributed by atoms with Crippen LogP contribution >= 0.6 is 11.6 Å². The molecule has 0 radical (unpaired) electrons. The average Bonchev–Trinajstić information content (AvgIpc) is 1.63. The number of nitrogens with one attached hydrogen (secondary N) is 7. The van der Waals surface area contributed by atoms with Crippen LogP contribution in [0.25, 0.3) is 0 Å². The zero-order valence-electron chi connectivity index (χ0n) is 60.3. The number of hydrogen-bond acceptors (Lipinski definition) is 21. The van der Waals surface area contributed by atoms with Gasteiger partial charge in [0.25, 0.3) is 10.1 Å². The van der Waals surface area contributed by atoms with Crippen LogP contribution in [0.3, 0.4) is 0 Å². The highest BCUT2D eigenvalue weighted by molar-refractivity contribution is 7.85. The maximum absolute atomic E-state index is 14.2. The molecule has 0 saturated carbocycles. The number of nitrogens with zero attached hydrogens (tertiary/aromatic N) is 1. The Hall–Kier alpha value is -7.85. The van der Waals surface area contributed by atoms with Crippen LogP contribution in [0.5, 0.6) is 5.75 Å². The Kier molecular flexibility index (Phi) is 38.6. The molecule has 0 aliphatic carbocycles. The van der Waals surface area contributed by atoms with Crippen LogP contribution in [-0.4, -0.2) is 224 Å². The van der Waals surface area contributed by atoms with Crippen molar-refractivity contribution in [2.75, 3.05) is 98.9 Å². The third-order valence-electron chi connectivity index (χ3n) is 16.6. The minimum atomic E-state index is -4.36. The third kappa shape index (κ3) is 34.1. The summed E-state index contributed by atoms with van der Waals surface area (Å²) >= 11 is 6.41. The summed E-state index contributed by atoms with van der Waals surface area (Å²) in [6, 6.07) is 8.71. The van der Waals surface area contributed by atoms with Gasteiger partial charge in [0, 0.05) is 90.8 Å². The number of halogens is 1. The number of methoxy groups -OCH3 is 2. The lowest BCUT2D eigenvalue weighted by Gasteiger charge is -2.29. The molecule has 0 spiro atoms. The second-order valence-electron chi connectivity index (χ2n) is 26.5. The van der Waals surface area contributed by atoms with Gasteiger partial charge >= 0.3 is 17.9 Å². The number of unbranched alkanes of at least 4 members (excludes halogenated alkanes) is 1. The van der Waals surface area contributed by atoms with Gasteiger partial charge in [0.15, 0.2) is 6.10 Å². The molecule has 2 aromatic carbocycles. The van der Waals surface area contributed by atoms with E-state index in [2.05, 4.69) is 37.2 Å². The second-order valence-corrected chi connectivity index (χ2v) is 28.5. The molecule has 9 N–H and O–H groups in total. The Bertz CT molecular complexity index is 3270. The number of ether oxygens (including phenoxy) is 8. The summed E-state index contributed by atoms with van der Waals surface area (Å²) in [5, 5.41) is 28.6. The fourth-order valence-electron chi connectivity index (χ4n) is 10.5. The number of benzene rings is 2. The highest BCUT2D eigenvalue weighted by Crippen LogP contribution is 2.45. The highest BCUT2D eigenvalue weighted by Gasteiger charge is 2.48. The van der Waals surface area contributed by atoms with Crippen LogP contribution in [-0.2, 0) is 109 Å². The summed E-state index contributed by atoms with van der Waals surface area (Å²) in [5.41, 5.74) is 0.707. The largest absolute Gasteiger partial charge is 0.495 e. The van der Waals surface area contributed by atoms with Crippen LogP contribution in [0, 0.1) is 23.2 Å². The van der Waals surface area contributed by atoms with E-state index >= 15 is 0 Å². The van der Waals surface area contributed by atoms with Crippen LogP contribution < -0.4 is 42.0 Å².